The number of ether oxygens (including phenoxy) is 6. The molecule has 0 aromatic rings. The highest BCUT2D eigenvalue weighted by Crippen LogP contribution is 2.69. The zero-order valence-corrected chi connectivity index (χ0v) is 22.1. The Morgan fingerprint density at radius 2 is 1.65 bits per heavy atom. The molecule has 3 saturated heterocycles. The van der Waals surface area contributed by atoms with Crippen LogP contribution in [0.5, 0.6) is 0 Å². The standard InChI is InChI=1S/C26H34O11/c1-11-8-15(32-12(2)27)21(34-14(4)29)23(5)16(33-13(3)28)10-17-24(6,36-17)19(23)20(30)26-18(9-11)35-22(31)25(26,7)37-26/h9,15-21,30H,8,10H2,1-7H3/b11-9-. The Kier molecular flexibility index (Phi) is 5.65. The maximum Gasteiger partial charge on any atom is 0.342 e. The summed E-state index contributed by atoms with van der Waals surface area (Å²) in [5, 5.41) is 12.2. The summed E-state index contributed by atoms with van der Waals surface area (Å²) in [6, 6.07) is 0. The molecular formula is C26H34O11. The Morgan fingerprint density at radius 1 is 1.03 bits per heavy atom. The van der Waals surface area contributed by atoms with E-state index in [-0.39, 0.29) is 18.9 Å². The molecule has 0 aromatic carbocycles. The average molecular weight is 523 g/mol. The van der Waals surface area contributed by atoms with E-state index in [4.69, 9.17) is 28.4 Å². The molecule has 4 fully saturated rings. The van der Waals surface area contributed by atoms with Crippen molar-refractivity contribution in [1.82, 2.24) is 0 Å². The summed E-state index contributed by atoms with van der Waals surface area (Å²) in [6.07, 6.45) is -3.58. The van der Waals surface area contributed by atoms with Crippen molar-refractivity contribution in [3.63, 3.8) is 0 Å². The number of carbonyl (C=O) groups excluding carboxylic acids is 4. The third-order valence-electron chi connectivity index (χ3n) is 9.09. The van der Waals surface area contributed by atoms with Crippen molar-refractivity contribution in [2.75, 3.05) is 0 Å². The molecule has 0 amide bonds. The van der Waals surface area contributed by atoms with Crippen molar-refractivity contribution in [2.45, 2.75) is 115 Å². The van der Waals surface area contributed by atoms with Gasteiger partial charge in [-0.15, -0.1) is 0 Å². The van der Waals surface area contributed by atoms with Gasteiger partial charge in [0.15, 0.2) is 17.3 Å². The van der Waals surface area contributed by atoms with Crippen molar-refractivity contribution in [1.29, 1.82) is 0 Å². The van der Waals surface area contributed by atoms with Crippen molar-refractivity contribution in [2.24, 2.45) is 11.3 Å². The van der Waals surface area contributed by atoms with Gasteiger partial charge in [-0.3, -0.25) is 14.4 Å². The van der Waals surface area contributed by atoms with Gasteiger partial charge in [-0.1, -0.05) is 12.5 Å². The van der Waals surface area contributed by atoms with Crippen LogP contribution in [0.15, 0.2) is 11.6 Å². The first-order chi connectivity index (χ1) is 17.1. The van der Waals surface area contributed by atoms with Crippen LogP contribution in [0.2, 0.25) is 0 Å². The molecule has 5 aliphatic rings. The maximum absolute atomic E-state index is 12.9. The molecule has 3 heterocycles. The Balaban J connectivity index is 1.75. The predicted octanol–water partition coefficient (Wildman–Crippen LogP) is 1.13. The van der Waals surface area contributed by atoms with Gasteiger partial charge in [0.05, 0.1) is 23.2 Å². The first-order valence-corrected chi connectivity index (χ1v) is 12.6. The lowest BCUT2D eigenvalue weighted by atomic mass is 9.53. The van der Waals surface area contributed by atoms with E-state index in [1.165, 1.54) is 20.8 Å². The van der Waals surface area contributed by atoms with Crippen LogP contribution in [-0.4, -0.2) is 82.4 Å². The van der Waals surface area contributed by atoms with E-state index in [1.807, 2.05) is 6.92 Å². The van der Waals surface area contributed by atoms with Crippen LogP contribution in [0.4, 0.5) is 0 Å². The molecule has 11 unspecified atom stereocenters. The van der Waals surface area contributed by atoms with E-state index in [9.17, 15) is 24.3 Å². The molecule has 11 nitrogen and oxygen atoms in total. The SMILES string of the molecule is CC(=O)OC1C/C(C)=C\C2OC(=O)C3(C)OC23C(O)C2C3(C)OC3CC(OC(C)=O)C2(C)C1OC(C)=O. The molecule has 3 aliphatic heterocycles. The van der Waals surface area contributed by atoms with Gasteiger partial charge >= 0.3 is 23.9 Å². The Bertz CT molecular complexity index is 1100. The van der Waals surface area contributed by atoms with Crippen LogP contribution in [0.25, 0.3) is 0 Å². The molecule has 11 atom stereocenters. The highest BCUT2D eigenvalue weighted by Gasteiger charge is 2.88. The summed E-state index contributed by atoms with van der Waals surface area (Å²) in [5.74, 6) is -3.27. The number of fused-ring (bicyclic) bond motifs is 3. The van der Waals surface area contributed by atoms with Gasteiger partial charge in [0.2, 0.25) is 0 Å². The topological polar surface area (TPSA) is 150 Å². The summed E-state index contributed by atoms with van der Waals surface area (Å²) >= 11 is 0. The summed E-state index contributed by atoms with van der Waals surface area (Å²) in [5.41, 5.74) is -4.41. The van der Waals surface area contributed by atoms with E-state index in [0.29, 0.717) is 5.57 Å². The van der Waals surface area contributed by atoms with E-state index < -0.39 is 82.5 Å². The van der Waals surface area contributed by atoms with E-state index in [2.05, 4.69) is 0 Å². The molecule has 5 rings (SSSR count). The van der Waals surface area contributed by atoms with Crippen molar-refractivity contribution >= 4 is 23.9 Å². The molecule has 11 heteroatoms. The zero-order valence-electron chi connectivity index (χ0n) is 22.1. The molecule has 0 aromatic heterocycles. The summed E-state index contributed by atoms with van der Waals surface area (Å²) < 4.78 is 35.2. The number of rotatable bonds is 3. The molecular weight excluding hydrogens is 488 g/mol. The van der Waals surface area contributed by atoms with Gasteiger partial charge in [0, 0.05) is 39.5 Å². The Hall–Kier alpha value is -2.50. The zero-order chi connectivity index (χ0) is 27.3. The van der Waals surface area contributed by atoms with Crippen LogP contribution in [0.3, 0.4) is 0 Å². The van der Waals surface area contributed by atoms with Gasteiger partial charge in [-0.25, -0.2) is 4.79 Å². The van der Waals surface area contributed by atoms with Gasteiger partial charge in [0.25, 0.3) is 0 Å². The lowest BCUT2D eigenvalue weighted by Gasteiger charge is -2.54. The number of carbonyl (C=O) groups is 4. The number of aliphatic hydroxyl groups excluding tert-OH is 1. The molecule has 1 saturated carbocycles. The van der Waals surface area contributed by atoms with Gasteiger partial charge in [-0.05, 0) is 26.8 Å². The van der Waals surface area contributed by atoms with Crippen LogP contribution in [0, 0.1) is 11.3 Å². The highest BCUT2D eigenvalue weighted by atomic mass is 16.7. The van der Waals surface area contributed by atoms with Crippen LogP contribution < -0.4 is 0 Å². The second kappa shape index (κ2) is 8.00. The van der Waals surface area contributed by atoms with E-state index in [1.54, 1.807) is 26.8 Å². The number of aliphatic hydroxyl groups is 1. The monoisotopic (exact) mass is 522 g/mol. The largest absolute Gasteiger partial charge is 0.462 e. The van der Waals surface area contributed by atoms with E-state index >= 15 is 0 Å². The summed E-state index contributed by atoms with van der Waals surface area (Å²) in [6.45, 7) is 10.7. The van der Waals surface area contributed by atoms with Crippen LogP contribution in [0.1, 0.15) is 61.3 Å². The summed E-state index contributed by atoms with van der Waals surface area (Å²) in [7, 11) is 0. The molecule has 1 spiro atoms. The van der Waals surface area contributed by atoms with Crippen molar-refractivity contribution < 1.29 is 52.7 Å². The fourth-order valence-corrected chi connectivity index (χ4v) is 7.41. The Morgan fingerprint density at radius 3 is 2.22 bits per heavy atom. The number of hydrogen-bond donors (Lipinski definition) is 1. The molecule has 0 radical (unpaired) electrons. The molecule has 1 N–H and O–H groups in total. The number of hydrogen-bond acceptors (Lipinski definition) is 11. The molecule has 0 bridgehead atoms. The Labute approximate surface area is 214 Å². The normalized spacial score (nSPS) is 51.0. The van der Waals surface area contributed by atoms with Gasteiger partial charge < -0.3 is 33.5 Å². The van der Waals surface area contributed by atoms with E-state index in [0.717, 1.165) is 0 Å². The predicted molar refractivity (Wildman–Crippen MR) is 123 cm³/mol. The minimum Gasteiger partial charge on any atom is -0.462 e. The fourth-order valence-electron chi connectivity index (χ4n) is 7.41. The lowest BCUT2D eigenvalue weighted by molar-refractivity contribution is -0.224. The molecule has 204 valence electrons. The van der Waals surface area contributed by atoms with Gasteiger partial charge in [0.1, 0.15) is 18.3 Å². The molecule has 37 heavy (non-hydrogen) atoms. The third kappa shape index (κ3) is 3.50. The minimum atomic E-state index is -1.43. The first kappa shape index (κ1) is 26.1. The lowest BCUT2D eigenvalue weighted by Crippen LogP contribution is -2.67. The quantitative estimate of drug-likeness (QED) is 0.246. The van der Waals surface area contributed by atoms with Gasteiger partial charge in [-0.2, -0.15) is 0 Å². The summed E-state index contributed by atoms with van der Waals surface area (Å²) in [4.78, 5) is 49.8. The average Bonchev–Trinajstić information content (AvgIpc) is 3.59. The second-order valence-corrected chi connectivity index (χ2v) is 11.6. The van der Waals surface area contributed by atoms with Crippen LogP contribution in [-0.2, 0) is 47.6 Å². The number of epoxide rings is 2. The smallest absolute Gasteiger partial charge is 0.342 e. The minimum absolute atomic E-state index is 0.130. The number of esters is 4. The fraction of sp³-hybridized carbons (Fsp3) is 0.769. The first-order valence-electron chi connectivity index (χ1n) is 12.6. The highest BCUT2D eigenvalue weighted by molar-refractivity contribution is 5.89. The van der Waals surface area contributed by atoms with Crippen molar-refractivity contribution in [3.05, 3.63) is 11.6 Å². The van der Waals surface area contributed by atoms with Crippen molar-refractivity contribution in [3.8, 4) is 0 Å². The maximum atomic E-state index is 12.9. The second-order valence-electron chi connectivity index (χ2n) is 11.6. The van der Waals surface area contributed by atoms with Crippen LogP contribution >= 0.6 is 0 Å². The molecule has 2 aliphatic carbocycles. The third-order valence-corrected chi connectivity index (χ3v) is 9.09.